The molecular weight excluding hydrogens is 404 g/mol. The summed E-state index contributed by atoms with van der Waals surface area (Å²) in [5, 5.41) is 25.0. The average molecular weight is 438 g/mol. The number of ether oxygens (including phenoxy) is 1. The number of hydrogen-bond acceptors (Lipinski definition) is 7. The van der Waals surface area contributed by atoms with Crippen LogP contribution in [0.15, 0.2) is 0 Å². The minimum absolute atomic E-state index is 0.0103. The molecule has 1 saturated heterocycles. The van der Waals surface area contributed by atoms with Crippen molar-refractivity contribution in [2.24, 2.45) is 0 Å². The second-order valence-electron chi connectivity index (χ2n) is 8.18. The summed E-state index contributed by atoms with van der Waals surface area (Å²) in [5.74, 6) is 0. The van der Waals surface area contributed by atoms with Gasteiger partial charge in [0.2, 0.25) is 0 Å². The van der Waals surface area contributed by atoms with E-state index in [1.807, 2.05) is 18.8 Å². The lowest BCUT2D eigenvalue weighted by atomic mass is 9.86. The fourth-order valence-electron chi connectivity index (χ4n) is 3.72. The number of halogens is 3. The van der Waals surface area contributed by atoms with Gasteiger partial charge in [-0.15, -0.1) is 13.2 Å². The molecule has 1 aliphatic heterocycles. The van der Waals surface area contributed by atoms with Gasteiger partial charge in [0.05, 0.1) is 12.3 Å². The van der Waals surface area contributed by atoms with Crippen LogP contribution in [0.4, 0.5) is 18.0 Å². The third-order valence-electron chi connectivity index (χ3n) is 5.49. The van der Waals surface area contributed by atoms with E-state index in [0.29, 0.717) is 25.9 Å². The Labute approximate surface area is 176 Å². The molecule has 3 unspecified atom stereocenters. The Morgan fingerprint density at radius 3 is 2.50 bits per heavy atom. The van der Waals surface area contributed by atoms with Crippen molar-refractivity contribution in [3.05, 3.63) is 0 Å². The molecule has 9 nitrogen and oxygen atoms in total. The minimum atomic E-state index is -4.62. The monoisotopic (exact) mass is 438 g/mol. The van der Waals surface area contributed by atoms with Crippen molar-refractivity contribution in [1.82, 2.24) is 31.4 Å². The molecule has 0 bridgehead atoms. The Bertz CT molecular complexity index is 537. The fourth-order valence-corrected chi connectivity index (χ4v) is 3.72. The number of hydrogen-bond donors (Lipinski definition) is 6. The number of nitrogens with one attached hydrogen (secondary N) is 5. The van der Waals surface area contributed by atoms with Gasteiger partial charge in [-0.3, -0.25) is 15.4 Å². The van der Waals surface area contributed by atoms with E-state index in [1.165, 1.54) is 0 Å². The van der Waals surface area contributed by atoms with Crippen LogP contribution in [0.2, 0.25) is 6.82 Å². The molecule has 1 saturated carbocycles. The van der Waals surface area contributed by atoms with E-state index in [-0.39, 0.29) is 37.1 Å². The van der Waals surface area contributed by atoms with Crippen molar-refractivity contribution in [1.29, 1.82) is 0 Å². The molecule has 0 spiro atoms. The van der Waals surface area contributed by atoms with Gasteiger partial charge in [-0.2, -0.15) is 0 Å². The zero-order valence-electron chi connectivity index (χ0n) is 17.8. The predicted molar refractivity (Wildman–Crippen MR) is 107 cm³/mol. The lowest BCUT2D eigenvalue weighted by Crippen LogP contribution is -2.68. The van der Waals surface area contributed by atoms with Crippen molar-refractivity contribution >= 4 is 13.1 Å². The number of rotatable bonds is 8. The SMILES string of the molecule is CB(O)N(C)CCNC1CC(C)NC(NC(=O)NC2CCC(OC(F)(F)F)CC2)N1. The van der Waals surface area contributed by atoms with Crippen LogP contribution < -0.4 is 26.6 Å². The van der Waals surface area contributed by atoms with Gasteiger partial charge in [0.1, 0.15) is 6.29 Å². The minimum Gasteiger partial charge on any atom is -0.437 e. The van der Waals surface area contributed by atoms with E-state index in [2.05, 4.69) is 31.3 Å². The first-order valence-corrected chi connectivity index (χ1v) is 10.5. The zero-order chi connectivity index (χ0) is 22.3. The van der Waals surface area contributed by atoms with Crippen molar-refractivity contribution < 1.29 is 27.7 Å². The van der Waals surface area contributed by atoms with Crippen LogP contribution >= 0.6 is 0 Å². The molecule has 6 N–H and O–H groups in total. The third kappa shape index (κ3) is 9.35. The van der Waals surface area contributed by atoms with Gasteiger partial charge < -0.3 is 25.8 Å². The van der Waals surface area contributed by atoms with Crippen LogP contribution in [0.1, 0.15) is 39.0 Å². The highest BCUT2D eigenvalue weighted by atomic mass is 19.4. The first kappa shape index (κ1) is 25.1. The van der Waals surface area contributed by atoms with Gasteiger partial charge in [0.25, 0.3) is 0 Å². The summed E-state index contributed by atoms with van der Waals surface area (Å²) in [7, 11) is 1.32. The Balaban J connectivity index is 1.69. The molecule has 2 rings (SSSR count). The molecule has 0 aromatic carbocycles. The molecule has 1 aliphatic carbocycles. The van der Waals surface area contributed by atoms with Crippen LogP contribution in [0.25, 0.3) is 0 Å². The molecule has 2 fully saturated rings. The molecule has 2 amide bonds. The van der Waals surface area contributed by atoms with E-state index in [1.54, 1.807) is 6.82 Å². The third-order valence-corrected chi connectivity index (χ3v) is 5.49. The van der Waals surface area contributed by atoms with E-state index >= 15 is 0 Å². The van der Waals surface area contributed by atoms with Gasteiger partial charge in [-0.1, -0.05) is 0 Å². The van der Waals surface area contributed by atoms with Crippen molar-refractivity contribution in [2.75, 3.05) is 20.1 Å². The first-order chi connectivity index (χ1) is 14.0. The maximum atomic E-state index is 12.3. The second-order valence-corrected chi connectivity index (χ2v) is 8.18. The number of likely N-dealkylation sites (N-methyl/N-ethyl adjacent to an activating group) is 1. The summed E-state index contributed by atoms with van der Waals surface area (Å²) in [5.41, 5.74) is 0. The lowest BCUT2D eigenvalue weighted by molar-refractivity contribution is -0.345. The van der Waals surface area contributed by atoms with E-state index < -0.39 is 25.8 Å². The van der Waals surface area contributed by atoms with Crippen LogP contribution in [-0.2, 0) is 4.74 Å². The highest BCUT2D eigenvalue weighted by molar-refractivity contribution is 6.45. The summed E-state index contributed by atoms with van der Waals surface area (Å²) in [6.07, 6.45) is -3.69. The van der Waals surface area contributed by atoms with Gasteiger partial charge >= 0.3 is 19.4 Å². The number of alkyl halides is 3. The van der Waals surface area contributed by atoms with Gasteiger partial charge in [-0.05, 0) is 52.9 Å². The van der Waals surface area contributed by atoms with Gasteiger partial charge in [0.15, 0.2) is 0 Å². The predicted octanol–water partition coefficient (Wildman–Crippen LogP) is 0.346. The van der Waals surface area contributed by atoms with Crippen molar-refractivity contribution in [3.8, 4) is 0 Å². The largest absolute Gasteiger partial charge is 0.522 e. The highest BCUT2D eigenvalue weighted by Crippen LogP contribution is 2.27. The summed E-state index contributed by atoms with van der Waals surface area (Å²) < 4.78 is 40.9. The Hall–Kier alpha value is -1.12. The van der Waals surface area contributed by atoms with Crippen LogP contribution in [0, 0.1) is 0 Å². The quantitative estimate of drug-likeness (QED) is 0.304. The Morgan fingerprint density at radius 1 is 1.23 bits per heavy atom. The fraction of sp³-hybridized carbons (Fsp3) is 0.941. The number of amides is 2. The van der Waals surface area contributed by atoms with Gasteiger partial charge in [-0.25, -0.2) is 4.79 Å². The van der Waals surface area contributed by atoms with E-state index in [4.69, 9.17) is 0 Å². The average Bonchev–Trinajstić information content (AvgIpc) is 2.61. The molecule has 13 heteroatoms. The summed E-state index contributed by atoms with van der Waals surface area (Å²) in [4.78, 5) is 14.1. The summed E-state index contributed by atoms with van der Waals surface area (Å²) in [6, 6.07) is -0.385. The lowest BCUT2D eigenvalue weighted by Gasteiger charge is -2.37. The molecule has 2 aliphatic rings. The molecule has 1 heterocycles. The number of urea groups is 1. The molecule has 174 valence electrons. The van der Waals surface area contributed by atoms with E-state index in [9.17, 15) is 23.0 Å². The molecule has 30 heavy (non-hydrogen) atoms. The molecule has 3 atom stereocenters. The van der Waals surface area contributed by atoms with Crippen molar-refractivity contribution in [2.45, 2.75) is 82.9 Å². The Kier molecular flexibility index (Phi) is 9.63. The standard InChI is InChI=1S/C17H34BF3N6O3/c1-11-10-14(22-8-9-27(3)18(2)29)25-15(23-11)26-16(28)24-12-4-6-13(7-5-12)30-17(19,20)21/h11-15,22-23,25,29H,4-10H2,1-3H3,(H2,24,26,28). The van der Waals surface area contributed by atoms with E-state index in [0.717, 1.165) is 6.42 Å². The first-order valence-electron chi connectivity index (χ1n) is 10.5. The summed E-state index contributed by atoms with van der Waals surface area (Å²) in [6.45, 7) is 5.08. The number of carbonyl (C=O) groups excluding carboxylic acids is 1. The molecular formula is C17H34BF3N6O3. The topological polar surface area (TPSA) is 110 Å². The molecule has 0 radical (unpaired) electrons. The van der Waals surface area contributed by atoms with Crippen LogP contribution in [-0.4, -0.2) is 80.1 Å². The molecule has 0 aromatic rings. The van der Waals surface area contributed by atoms with Crippen molar-refractivity contribution in [3.63, 3.8) is 0 Å². The Morgan fingerprint density at radius 2 is 1.90 bits per heavy atom. The second kappa shape index (κ2) is 11.5. The zero-order valence-corrected chi connectivity index (χ0v) is 17.8. The summed E-state index contributed by atoms with van der Waals surface area (Å²) >= 11 is 0. The normalized spacial score (nSPS) is 30.2. The highest BCUT2D eigenvalue weighted by Gasteiger charge is 2.35. The van der Waals surface area contributed by atoms with Gasteiger partial charge in [0, 0.05) is 25.2 Å². The maximum absolute atomic E-state index is 12.3. The smallest absolute Gasteiger partial charge is 0.437 e. The van der Waals surface area contributed by atoms with Crippen LogP contribution in [0.3, 0.4) is 0 Å². The molecule has 0 aromatic heterocycles. The maximum Gasteiger partial charge on any atom is 0.522 e. The number of carbonyl (C=O) groups is 1. The van der Waals surface area contributed by atoms with Crippen LogP contribution in [0.5, 0.6) is 0 Å². The number of nitrogens with zero attached hydrogens (tertiary/aromatic N) is 1.